The Kier molecular flexibility index (Phi) is 6.02. The van der Waals surface area contributed by atoms with Crippen LogP contribution in [0.25, 0.3) is 0 Å². The van der Waals surface area contributed by atoms with Crippen molar-refractivity contribution >= 4 is 0 Å². The zero-order valence-corrected chi connectivity index (χ0v) is 12.8. The summed E-state index contributed by atoms with van der Waals surface area (Å²) in [4.78, 5) is 2.53. The second kappa shape index (κ2) is 7.77. The predicted octanol–water partition coefficient (Wildman–Crippen LogP) is 1.84. The van der Waals surface area contributed by atoms with Crippen LogP contribution in [0.3, 0.4) is 0 Å². The normalized spacial score (nSPS) is 17.8. The van der Waals surface area contributed by atoms with E-state index in [1.54, 1.807) is 0 Å². The fraction of sp³-hybridized carbons (Fsp3) is 0.647. The molecule has 0 saturated heterocycles. The second-order valence-electron chi connectivity index (χ2n) is 6.10. The summed E-state index contributed by atoms with van der Waals surface area (Å²) in [5.74, 6) is 0. The van der Waals surface area contributed by atoms with Gasteiger partial charge >= 0.3 is 0 Å². The van der Waals surface area contributed by atoms with E-state index in [4.69, 9.17) is 0 Å². The zero-order chi connectivity index (χ0) is 14.4. The molecule has 2 rings (SSSR count). The van der Waals surface area contributed by atoms with Crippen molar-refractivity contribution in [1.82, 2.24) is 10.2 Å². The number of benzene rings is 1. The summed E-state index contributed by atoms with van der Waals surface area (Å²) < 4.78 is 0. The largest absolute Gasteiger partial charge is 0.395 e. The van der Waals surface area contributed by atoms with Crippen molar-refractivity contribution in [3.05, 3.63) is 35.4 Å². The van der Waals surface area contributed by atoms with Gasteiger partial charge in [0.05, 0.1) is 6.61 Å². The van der Waals surface area contributed by atoms with E-state index in [0.717, 1.165) is 38.9 Å². The molecule has 1 aromatic carbocycles. The molecule has 0 aliphatic carbocycles. The third kappa shape index (κ3) is 4.58. The number of aliphatic hydroxyl groups excluding tert-OH is 1. The lowest BCUT2D eigenvalue weighted by molar-refractivity contribution is 0.202. The first-order chi connectivity index (χ1) is 9.69. The molecule has 112 valence electrons. The van der Waals surface area contributed by atoms with Crippen LogP contribution in [0, 0.1) is 0 Å². The lowest BCUT2D eigenvalue weighted by Gasteiger charge is -2.24. The van der Waals surface area contributed by atoms with E-state index >= 15 is 0 Å². The molecule has 0 saturated carbocycles. The molecule has 0 radical (unpaired) electrons. The molecule has 1 heterocycles. The number of nitrogens with zero attached hydrogens (tertiary/aromatic N) is 1. The zero-order valence-electron chi connectivity index (χ0n) is 12.8. The number of nitrogens with one attached hydrogen (secondary N) is 1. The van der Waals surface area contributed by atoms with Crippen LogP contribution >= 0.6 is 0 Å². The van der Waals surface area contributed by atoms with Crippen LogP contribution in [-0.4, -0.2) is 48.3 Å². The Balaban J connectivity index is 1.81. The molecule has 1 unspecified atom stereocenters. The highest BCUT2D eigenvalue weighted by Gasteiger charge is 2.15. The van der Waals surface area contributed by atoms with Gasteiger partial charge in [0.25, 0.3) is 0 Å². The molecule has 1 atom stereocenters. The first kappa shape index (κ1) is 15.5. The van der Waals surface area contributed by atoms with Gasteiger partial charge in [0.1, 0.15) is 0 Å². The molecule has 3 heteroatoms. The molecule has 0 bridgehead atoms. The molecule has 3 nitrogen and oxygen atoms in total. The monoisotopic (exact) mass is 276 g/mol. The molecule has 0 spiro atoms. The minimum atomic E-state index is 0.223. The van der Waals surface area contributed by atoms with Crippen molar-refractivity contribution in [2.24, 2.45) is 0 Å². The van der Waals surface area contributed by atoms with Crippen LogP contribution < -0.4 is 5.32 Å². The van der Waals surface area contributed by atoms with Gasteiger partial charge in [-0.2, -0.15) is 0 Å². The van der Waals surface area contributed by atoms with Gasteiger partial charge in [0.15, 0.2) is 0 Å². The van der Waals surface area contributed by atoms with Gasteiger partial charge < -0.3 is 15.3 Å². The summed E-state index contributed by atoms with van der Waals surface area (Å²) in [6, 6.07) is 9.46. The minimum absolute atomic E-state index is 0.223. The Labute approximate surface area is 123 Å². The van der Waals surface area contributed by atoms with E-state index in [0.29, 0.717) is 6.04 Å². The third-order valence-corrected chi connectivity index (χ3v) is 4.10. The molecule has 0 amide bonds. The van der Waals surface area contributed by atoms with E-state index < -0.39 is 0 Å². The van der Waals surface area contributed by atoms with Gasteiger partial charge in [-0.05, 0) is 36.9 Å². The fourth-order valence-corrected chi connectivity index (χ4v) is 2.97. The average Bonchev–Trinajstić information content (AvgIpc) is 2.65. The summed E-state index contributed by atoms with van der Waals surface area (Å²) >= 11 is 0. The number of rotatable bonds is 6. The Morgan fingerprint density at radius 3 is 2.25 bits per heavy atom. The Bertz CT molecular complexity index is 379. The van der Waals surface area contributed by atoms with Crippen LogP contribution in [0.1, 0.15) is 31.4 Å². The second-order valence-corrected chi connectivity index (χ2v) is 6.10. The fourth-order valence-electron chi connectivity index (χ4n) is 2.97. The number of hydrogen-bond donors (Lipinski definition) is 2. The number of hydrogen-bond acceptors (Lipinski definition) is 3. The van der Waals surface area contributed by atoms with Gasteiger partial charge in [-0.15, -0.1) is 0 Å². The lowest BCUT2D eigenvalue weighted by Crippen LogP contribution is -2.40. The van der Waals surface area contributed by atoms with Gasteiger partial charge in [0.2, 0.25) is 0 Å². The Morgan fingerprint density at radius 2 is 1.75 bits per heavy atom. The topological polar surface area (TPSA) is 35.5 Å². The van der Waals surface area contributed by atoms with Crippen LogP contribution in [-0.2, 0) is 12.8 Å². The van der Waals surface area contributed by atoms with Crippen molar-refractivity contribution in [3.8, 4) is 0 Å². The Hall–Kier alpha value is -0.900. The van der Waals surface area contributed by atoms with Crippen molar-refractivity contribution in [3.63, 3.8) is 0 Å². The van der Waals surface area contributed by atoms with Crippen molar-refractivity contribution < 1.29 is 5.11 Å². The summed E-state index contributed by atoms with van der Waals surface area (Å²) in [6.45, 7) is 7.83. The van der Waals surface area contributed by atoms with E-state index in [9.17, 15) is 5.11 Å². The number of fused-ring (bicyclic) bond motifs is 1. The smallest absolute Gasteiger partial charge is 0.0585 e. The first-order valence-electron chi connectivity index (χ1n) is 7.85. The van der Waals surface area contributed by atoms with Gasteiger partial charge in [-0.3, -0.25) is 0 Å². The number of aliphatic hydroxyl groups is 1. The maximum absolute atomic E-state index is 9.42. The standard InChI is InChI=1S/C17H28N2O/c1-14(2)18-17(13-20)9-12-19-10-7-15-5-3-4-6-16(15)8-11-19/h3-6,14,17-18,20H,7-13H2,1-2H3. The maximum Gasteiger partial charge on any atom is 0.0585 e. The molecule has 1 aliphatic heterocycles. The Morgan fingerprint density at radius 1 is 1.15 bits per heavy atom. The summed E-state index contributed by atoms with van der Waals surface area (Å²) in [7, 11) is 0. The molecule has 0 fully saturated rings. The SMILES string of the molecule is CC(C)NC(CO)CCN1CCc2ccccc2CC1. The van der Waals surface area contributed by atoms with Crippen LogP contribution in [0.4, 0.5) is 0 Å². The quantitative estimate of drug-likeness (QED) is 0.832. The van der Waals surface area contributed by atoms with Gasteiger partial charge in [-0.25, -0.2) is 0 Å². The highest BCUT2D eigenvalue weighted by molar-refractivity contribution is 5.28. The van der Waals surface area contributed by atoms with Gasteiger partial charge in [-0.1, -0.05) is 38.1 Å². The molecular formula is C17H28N2O. The summed E-state index contributed by atoms with van der Waals surface area (Å²) in [6.07, 6.45) is 3.32. The highest BCUT2D eigenvalue weighted by Crippen LogP contribution is 2.15. The van der Waals surface area contributed by atoms with Crippen molar-refractivity contribution in [2.45, 2.75) is 45.2 Å². The van der Waals surface area contributed by atoms with E-state index in [1.165, 1.54) is 11.1 Å². The van der Waals surface area contributed by atoms with E-state index in [2.05, 4.69) is 48.3 Å². The summed E-state index contributed by atoms with van der Waals surface area (Å²) in [5, 5.41) is 12.8. The predicted molar refractivity (Wildman–Crippen MR) is 84.1 cm³/mol. The van der Waals surface area contributed by atoms with Crippen molar-refractivity contribution in [2.75, 3.05) is 26.2 Å². The highest BCUT2D eigenvalue weighted by atomic mass is 16.3. The molecule has 0 aromatic heterocycles. The first-order valence-corrected chi connectivity index (χ1v) is 7.85. The van der Waals surface area contributed by atoms with Gasteiger partial charge in [0, 0.05) is 25.2 Å². The van der Waals surface area contributed by atoms with E-state index in [-0.39, 0.29) is 12.6 Å². The summed E-state index contributed by atoms with van der Waals surface area (Å²) in [5.41, 5.74) is 3.02. The maximum atomic E-state index is 9.42. The lowest BCUT2D eigenvalue weighted by atomic mass is 10.0. The van der Waals surface area contributed by atoms with Crippen molar-refractivity contribution in [1.29, 1.82) is 0 Å². The van der Waals surface area contributed by atoms with Crippen LogP contribution in [0.2, 0.25) is 0 Å². The third-order valence-electron chi connectivity index (χ3n) is 4.10. The molecule has 2 N–H and O–H groups in total. The molecular weight excluding hydrogens is 248 g/mol. The molecule has 1 aliphatic rings. The van der Waals surface area contributed by atoms with Crippen LogP contribution in [0.5, 0.6) is 0 Å². The van der Waals surface area contributed by atoms with Crippen LogP contribution in [0.15, 0.2) is 24.3 Å². The average molecular weight is 276 g/mol. The minimum Gasteiger partial charge on any atom is -0.395 e. The van der Waals surface area contributed by atoms with E-state index in [1.807, 2.05) is 0 Å². The molecule has 20 heavy (non-hydrogen) atoms. The molecule has 1 aromatic rings.